The van der Waals surface area contributed by atoms with E-state index >= 15 is 0 Å². The maximum atomic E-state index is 6.31. The van der Waals surface area contributed by atoms with Crippen LogP contribution in [0, 0.1) is 0 Å². The first kappa shape index (κ1) is 12.2. The van der Waals surface area contributed by atoms with E-state index in [9.17, 15) is 0 Å². The molecule has 2 fully saturated rings. The van der Waals surface area contributed by atoms with E-state index in [1.54, 1.807) is 0 Å². The molecule has 0 aromatic heterocycles. The van der Waals surface area contributed by atoms with Crippen LogP contribution in [-0.4, -0.2) is 56.1 Å². The molecule has 4 heteroatoms. The number of ether oxygens (including phenoxy) is 3. The molecule has 4 rings (SSSR count). The van der Waals surface area contributed by atoms with Crippen LogP contribution in [0.2, 0.25) is 0 Å². The van der Waals surface area contributed by atoms with Gasteiger partial charge in [0.05, 0.1) is 19.3 Å². The molecule has 106 valence electrons. The second kappa shape index (κ2) is 5.08. The van der Waals surface area contributed by atoms with Crippen molar-refractivity contribution in [2.24, 2.45) is 0 Å². The van der Waals surface area contributed by atoms with Crippen molar-refractivity contribution in [3.8, 4) is 0 Å². The van der Waals surface area contributed by atoms with Crippen molar-refractivity contribution >= 4 is 0 Å². The fourth-order valence-corrected chi connectivity index (χ4v) is 3.88. The smallest absolute Gasteiger partial charge is 0.124 e. The second-order valence-electron chi connectivity index (χ2n) is 6.15. The van der Waals surface area contributed by atoms with Gasteiger partial charge in [-0.2, -0.15) is 0 Å². The van der Waals surface area contributed by atoms with Crippen LogP contribution in [0.15, 0.2) is 11.3 Å². The fourth-order valence-electron chi connectivity index (χ4n) is 3.88. The van der Waals surface area contributed by atoms with E-state index in [-0.39, 0.29) is 6.10 Å². The molecule has 0 N–H and O–H groups in total. The Kier molecular flexibility index (Phi) is 3.25. The van der Waals surface area contributed by atoms with Gasteiger partial charge in [-0.3, -0.25) is 4.90 Å². The van der Waals surface area contributed by atoms with Crippen LogP contribution >= 0.6 is 0 Å². The van der Waals surface area contributed by atoms with Gasteiger partial charge in [0, 0.05) is 32.2 Å². The third-order valence-corrected chi connectivity index (χ3v) is 4.97. The summed E-state index contributed by atoms with van der Waals surface area (Å²) in [7, 11) is 0. The van der Waals surface area contributed by atoms with Gasteiger partial charge < -0.3 is 14.2 Å². The lowest BCUT2D eigenvalue weighted by atomic mass is 10.2. The summed E-state index contributed by atoms with van der Waals surface area (Å²) >= 11 is 0. The van der Waals surface area contributed by atoms with E-state index in [0.29, 0.717) is 12.1 Å². The Bertz CT molecular complexity index is 376. The average molecular weight is 265 g/mol. The molecule has 4 nitrogen and oxygen atoms in total. The van der Waals surface area contributed by atoms with Crippen molar-refractivity contribution in [3.05, 3.63) is 11.3 Å². The third-order valence-electron chi connectivity index (χ3n) is 4.97. The van der Waals surface area contributed by atoms with Crippen molar-refractivity contribution in [2.75, 3.05) is 32.9 Å². The predicted molar refractivity (Wildman–Crippen MR) is 70.9 cm³/mol. The van der Waals surface area contributed by atoms with Crippen LogP contribution in [0.4, 0.5) is 0 Å². The summed E-state index contributed by atoms with van der Waals surface area (Å²) in [6.45, 7) is 4.96. The van der Waals surface area contributed by atoms with Gasteiger partial charge in [0.25, 0.3) is 0 Å². The zero-order valence-corrected chi connectivity index (χ0v) is 11.5. The Morgan fingerprint density at radius 3 is 3.00 bits per heavy atom. The molecule has 3 aliphatic heterocycles. The summed E-state index contributed by atoms with van der Waals surface area (Å²) in [6.07, 6.45) is 6.44. The Labute approximate surface area is 114 Å². The highest BCUT2D eigenvalue weighted by molar-refractivity contribution is 5.22. The monoisotopic (exact) mass is 265 g/mol. The Hall–Kier alpha value is -0.580. The van der Waals surface area contributed by atoms with Gasteiger partial charge in [0.15, 0.2) is 0 Å². The van der Waals surface area contributed by atoms with Gasteiger partial charge in [-0.1, -0.05) is 0 Å². The molecule has 0 aromatic carbocycles. The lowest BCUT2D eigenvalue weighted by molar-refractivity contribution is -0.0144. The highest BCUT2D eigenvalue weighted by atomic mass is 16.5. The molecule has 0 amide bonds. The zero-order valence-electron chi connectivity index (χ0n) is 11.5. The second-order valence-corrected chi connectivity index (χ2v) is 6.15. The highest BCUT2D eigenvalue weighted by Gasteiger charge is 2.36. The minimum atomic E-state index is 0.252. The van der Waals surface area contributed by atoms with E-state index in [0.717, 1.165) is 52.2 Å². The molecule has 2 saturated heterocycles. The minimum absolute atomic E-state index is 0.252. The molecule has 4 aliphatic rings. The first-order valence-corrected chi connectivity index (χ1v) is 7.72. The van der Waals surface area contributed by atoms with E-state index < -0.39 is 0 Å². The van der Waals surface area contributed by atoms with Crippen LogP contribution in [0.3, 0.4) is 0 Å². The van der Waals surface area contributed by atoms with E-state index in [1.165, 1.54) is 24.2 Å². The van der Waals surface area contributed by atoms with Gasteiger partial charge in [-0.25, -0.2) is 0 Å². The Morgan fingerprint density at radius 1 is 1.11 bits per heavy atom. The molecule has 3 atom stereocenters. The Balaban J connectivity index is 1.32. The fraction of sp³-hybridized carbons (Fsp3) is 0.867. The number of hydrogen-bond donors (Lipinski definition) is 0. The van der Waals surface area contributed by atoms with Gasteiger partial charge >= 0.3 is 0 Å². The molecule has 2 unspecified atom stereocenters. The number of rotatable bonds is 3. The van der Waals surface area contributed by atoms with Crippen molar-refractivity contribution in [1.29, 1.82) is 0 Å². The van der Waals surface area contributed by atoms with Crippen LogP contribution < -0.4 is 0 Å². The average Bonchev–Trinajstić information content (AvgIpc) is 3.15. The SMILES string of the molecule is C1CC(N2CC[C@@H](OC3CCC4=C3OCC4)C2)CO1. The molecule has 3 heterocycles. The summed E-state index contributed by atoms with van der Waals surface area (Å²) in [5.41, 5.74) is 1.52. The Morgan fingerprint density at radius 2 is 2.11 bits per heavy atom. The zero-order chi connectivity index (χ0) is 12.7. The lowest BCUT2D eigenvalue weighted by Gasteiger charge is -2.23. The summed E-state index contributed by atoms with van der Waals surface area (Å²) in [5, 5.41) is 0. The molecular formula is C15H23NO3. The normalized spacial score (nSPS) is 39.1. The summed E-state index contributed by atoms with van der Waals surface area (Å²) in [4.78, 5) is 2.55. The van der Waals surface area contributed by atoms with Crippen molar-refractivity contribution < 1.29 is 14.2 Å². The largest absolute Gasteiger partial charge is 0.495 e. The molecule has 0 bridgehead atoms. The third kappa shape index (κ3) is 2.30. The van der Waals surface area contributed by atoms with Crippen LogP contribution in [-0.2, 0) is 14.2 Å². The van der Waals surface area contributed by atoms with Crippen molar-refractivity contribution in [3.63, 3.8) is 0 Å². The molecule has 0 radical (unpaired) electrons. The molecular weight excluding hydrogens is 242 g/mol. The maximum absolute atomic E-state index is 6.31. The van der Waals surface area contributed by atoms with Gasteiger partial charge in [-0.05, 0) is 31.3 Å². The van der Waals surface area contributed by atoms with Crippen LogP contribution in [0.25, 0.3) is 0 Å². The van der Waals surface area contributed by atoms with E-state index in [1.807, 2.05) is 0 Å². The number of hydrogen-bond acceptors (Lipinski definition) is 4. The summed E-state index contributed by atoms with van der Waals surface area (Å²) < 4.78 is 17.5. The maximum Gasteiger partial charge on any atom is 0.124 e. The molecule has 0 saturated carbocycles. The van der Waals surface area contributed by atoms with Crippen molar-refractivity contribution in [1.82, 2.24) is 4.90 Å². The molecule has 19 heavy (non-hydrogen) atoms. The molecule has 0 spiro atoms. The standard InChI is InChI=1S/C15H23NO3/c1-2-14(15-11(1)4-8-18-15)19-13-3-6-16(9-13)12-5-7-17-10-12/h12-14H,1-10H2/t12?,13-,14?/m1/s1. The van der Waals surface area contributed by atoms with Gasteiger partial charge in [0.1, 0.15) is 11.9 Å². The summed E-state index contributed by atoms with van der Waals surface area (Å²) in [6, 6.07) is 0.634. The molecule has 1 aliphatic carbocycles. The first-order chi connectivity index (χ1) is 9.40. The van der Waals surface area contributed by atoms with E-state index in [4.69, 9.17) is 14.2 Å². The van der Waals surface area contributed by atoms with Crippen LogP contribution in [0.1, 0.15) is 32.1 Å². The highest BCUT2D eigenvalue weighted by Crippen LogP contribution is 2.37. The summed E-state index contributed by atoms with van der Waals surface area (Å²) in [5.74, 6) is 1.18. The first-order valence-electron chi connectivity index (χ1n) is 7.72. The molecule has 0 aromatic rings. The quantitative estimate of drug-likeness (QED) is 0.777. The van der Waals surface area contributed by atoms with Crippen molar-refractivity contribution in [2.45, 2.75) is 50.4 Å². The van der Waals surface area contributed by atoms with E-state index in [2.05, 4.69) is 4.90 Å². The number of likely N-dealkylation sites (tertiary alicyclic amines) is 1. The van der Waals surface area contributed by atoms with Crippen LogP contribution in [0.5, 0.6) is 0 Å². The lowest BCUT2D eigenvalue weighted by Crippen LogP contribution is -2.35. The topological polar surface area (TPSA) is 30.9 Å². The minimum Gasteiger partial charge on any atom is -0.495 e. The predicted octanol–water partition coefficient (Wildman–Crippen LogP) is 1.70. The van der Waals surface area contributed by atoms with Gasteiger partial charge in [0.2, 0.25) is 0 Å². The van der Waals surface area contributed by atoms with Gasteiger partial charge in [-0.15, -0.1) is 0 Å². The number of nitrogens with zero attached hydrogens (tertiary/aromatic N) is 1.